The van der Waals surface area contributed by atoms with Crippen molar-refractivity contribution >= 4 is 48.3 Å². The standard InChI is InChI=1S/C25H18BrN3O3S/c1-15-23(25(30)29-21-10-8-16(14-27)12-22(21)33(2,31)32)19-13-18(26)9-11-20(19)28-24(15)17-6-4-3-5-7-17/h3-13H,1-2H3,(H,29,30). The molecule has 4 rings (SSSR count). The Morgan fingerprint density at radius 2 is 1.79 bits per heavy atom. The SMILES string of the molecule is Cc1c(-c2ccccc2)nc2ccc(Br)cc2c1C(=O)Nc1ccc(C#N)cc1S(C)(=O)=O. The van der Waals surface area contributed by atoms with Crippen LogP contribution in [-0.2, 0) is 9.84 Å². The number of benzene rings is 3. The number of halogens is 1. The van der Waals surface area contributed by atoms with Crippen molar-refractivity contribution in [1.29, 1.82) is 5.26 Å². The van der Waals surface area contributed by atoms with E-state index in [9.17, 15) is 13.2 Å². The Morgan fingerprint density at radius 3 is 2.45 bits per heavy atom. The summed E-state index contributed by atoms with van der Waals surface area (Å²) in [7, 11) is -3.69. The quantitative estimate of drug-likeness (QED) is 0.383. The Hall–Kier alpha value is -3.54. The third-order valence-electron chi connectivity index (χ3n) is 5.22. The molecule has 0 atom stereocenters. The molecular formula is C25H18BrN3O3S. The largest absolute Gasteiger partial charge is 0.321 e. The van der Waals surface area contributed by atoms with E-state index >= 15 is 0 Å². The minimum Gasteiger partial charge on any atom is -0.321 e. The van der Waals surface area contributed by atoms with Gasteiger partial charge in [-0.15, -0.1) is 0 Å². The highest BCUT2D eigenvalue weighted by Crippen LogP contribution is 2.32. The summed E-state index contributed by atoms with van der Waals surface area (Å²) in [6.07, 6.45) is 1.04. The molecule has 8 heteroatoms. The summed E-state index contributed by atoms with van der Waals surface area (Å²) in [6.45, 7) is 1.82. The number of anilines is 1. The Kier molecular flexibility index (Phi) is 6.02. The molecule has 6 nitrogen and oxygen atoms in total. The molecule has 1 N–H and O–H groups in total. The van der Waals surface area contributed by atoms with Crippen LogP contribution in [0.15, 0.2) is 76.1 Å². The van der Waals surface area contributed by atoms with Crippen molar-refractivity contribution in [2.24, 2.45) is 0 Å². The predicted molar refractivity (Wildman–Crippen MR) is 132 cm³/mol. The van der Waals surface area contributed by atoms with E-state index in [1.807, 2.05) is 61.5 Å². The number of nitriles is 1. The van der Waals surface area contributed by atoms with Gasteiger partial charge in [0.15, 0.2) is 9.84 Å². The van der Waals surface area contributed by atoms with Crippen molar-refractivity contribution in [3.63, 3.8) is 0 Å². The van der Waals surface area contributed by atoms with E-state index in [0.29, 0.717) is 27.7 Å². The number of carbonyl (C=O) groups is 1. The van der Waals surface area contributed by atoms with Gasteiger partial charge in [0.25, 0.3) is 5.91 Å². The van der Waals surface area contributed by atoms with E-state index in [1.54, 1.807) is 0 Å². The highest BCUT2D eigenvalue weighted by atomic mass is 79.9. The maximum atomic E-state index is 13.6. The number of aromatic nitrogens is 1. The fraction of sp³-hybridized carbons (Fsp3) is 0.0800. The molecule has 0 spiro atoms. The van der Waals surface area contributed by atoms with Crippen LogP contribution in [-0.4, -0.2) is 25.6 Å². The van der Waals surface area contributed by atoms with Gasteiger partial charge >= 0.3 is 0 Å². The minimum absolute atomic E-state index is 0.113. The van der Waals surface area contributed by atoms with Crippen molar-refractivity contribution in [2.45, 2.75) is 11.8 Å². The van der Waals surface area contributed by atoms with Crippen LogP contribution in [0.25, 0.3) is 22.2 Å². The van der Waals surface area contributed by atoms with Crippen molar-refractivity contribution in [3.05, 3.63) is 87.9 Å². The lowest BCUT2D eigenvalue weighted by atomic mass is 9.97. The van der Waals surface area contributed by atoms with Crippen LogP contribution in [0, 0.1) is 18.3 Å². The van der Waals surface area contributed by atoms with Crippen LogP contribution in [0.4, 0.5) is 5.69 Å². The Balaban J connectivity index is 1.92. The van der Waals surface area contributed by atoms with Crippen LogP contribution < -0.4 is 5.32 Å². The second kappa shape index (κ2) is 8.77. The van der Waals surface area contributed by atoms with Crippen molar-refractivity contribution in [2.75, 3.05) is 11.6 Å². The maximum Gasteiger partial charge on any atom is 0.256 e. The summed E-state index contributed by atoms with van der Waals surface area (Å²) >= 11 is 3.45. The first kappa shape index (κ1) is 22.6. The third-order valence-corrected chi connectivity index (χ3v) is 6.85. The normalized spacial score (nSPS) is 11.2. The van der Waals surface area contributed by atoms with Gasteiger partial charge in [-0.05, 0) is 48.9 Å². The van der Waals surface area contributed by atoms with E-state index in [0.717, 1.165) is 16.3 Å². The molecule has 0 radical (unpaired) electrons. The van der Waals surface area contributed by atoms with Gasteiger partial charge in [-0.25, -0.2) is 13.4 Å². The number of amides is 1. The number of sulfone groups is 1. The topological polar surface area (TPSA) is 99.9 Å². The number of rotatable bonds is 4. The van der Waals surface area contributed by atoms with E-state index in [2.05, 4.69) is 21.2 Å². The van der Waals surface area contributed by atoms with Gasteiger partial charge in [0, 0.05) is 21.7 Å². The first-order chi connectivity index (χ1) is 15.7. The molecule has 0 aliphatic carbocycles. The lowest BCUT2D eigenvalue weighted by molar-refractivity contribution is 0.102. The summed E-state index contributed by atoms with van der Waals surface area (Å²) in [4.78, 5) is 18.2. The second-order valence-electron chi connectivity index (χ2n) is 7.54. The third kappa shape index (κ3) is 4.51. The summed E-state index contributed by atoms with van der Waals surface area (Å²) in [5.74, 6) is -0.468. The molecule has 0 bridgehead atoms. The number of carbonyl (C=O) groups excluding carboxylic acids is 1. The predicted octanol–water partition coefficient (Wildman–Crippen LogP) is 5.50. The Bertz CT molecular complexity index is 1560. The first-order valence-electron chi connectivity index (χ1n) is 9.90. The molecular weight excluding hydrogens is 502 g/mol. The van der Waals surface area contributed by atoms with E-state index in [-0.39, 0.29) is 16.1 Å². The summed E-state index contributed by atoms with van der Waals surface area (Å²) in [5.41, 5.74) is 3.53. The van der Waals surface area contributed by atoms with Gasteiger partial charge in [0.2, 0.25) is 0 Å². The zero-order valence-corrected chi connectivity index (χ0v) is 20.2. The zero-order chi connectivity index (χ0) is 23.8. The van der Waals surface area contributed by atoms with Crippen LogP contribution in [0.5, 0.6) is 0 Å². The van der Waals surface area contributed by atoms with Crippen molar-refractivity contribution < 1.29 is 13.2 Å². The lowest BCUT2D eigenvalue weighted by Crippen LogP contribution is -2.17. The highest BCUT2D eigenvalue weighted by molar-refractivity contribution is 9.10. The maximum absolute atomic E-state index is 13.6. The van der Waals surface area contributed by atoms with Crippen LogP contribution in [0.3, 0.4) is 0 Å². The molecule has 33 heavy (non-hydrogen) atoms. The fourth-order valence-electron chi connectivity index (χ4n) is 3.69. The molecule has 0 aliphatic rings. The molecule has 1 amide bonds. The number of hydrogen-bond donors (Lipinski definition) is 1. The molecule has 0 saturated carbocycles. The zero-order valence-electron chi connectivity index (χ0n) is 17.8. The van der Waals surface area contributed by atoms with E-state index in [4.69, 9.17) is 10.2 Å². The summed E-state index contributed by atoms with van der Waals surface area (Å²) < 4.78 is 25.4. The van der Waals surface area contributed by atoms with Gasteiger partial charge in [0.1, 0.15) is 0 Å². The van der Waals surface area contributed by atoms with E-state index in [1.165, 1.54) is 18.2 Å². The molecule has 0 fully saturated rings. The Labute approximate surface area is 200 Å². The summed E-state index contributed by atoms with van der Waals surface area (Å²) in [5, 5.41) is 12.5. The van der Waals surface area contributed by atoms with Gasteiger partial charge in [-0.2, -0.15) is 5.26 Å². The number of hydrogen-bond acceptors (Lipinski definition) is 5. The fourth-order valence-corrected chi connectivity index (χ4v) is 4.91. The number of nitrogens with zero attached hydrogens (tertiary/aromatic N) is 2. The van der Waals surface area contributed by atoms with Crippen molar-refractivity contribution in [1.82, 2.24) is 4.98 Å². The molecule has 0 saturated heterocycles. The minimum atomic E-state index is -3.69. The van der Waals surface area contributed by atoms with Crippen molar-refractivity contribution in [3.8, 4) is 17.3 Å². The van der Waals surface area contributed by atoms with E-state index < -0.39 is 15.7 Å². The van der Waals surface area contributed by atoms with Crippen LogP contribution in [0.2, 0.25) is 0 Å². The van der Waals surface area contributed by atoms with Crippen LogP contribution in [0.1, 0.15) is 21.5 Å². The van der Waals surface area contributed by atoms with Gasteiger partial charge < -0.3 is 5.32 Å². The lowest BCUT2D eigenvalue weighted by Gasteiger charge is -2.16. The molecule has 3 aromatic carbocycles. The van der Waals surface area contributed by atoms with Gasteiger partial charge in [-0.3, -0.25) is 4.79 Å². The molecule has 1 heterocycles. The highest BCUT2D eigenvalue weighted by Gasteiger charge is 2.22. The molecule has 1 aromatic heterocycles. The van der Waals surface area contributed by atoms with Gasteiger partial charge in [0.05, 0.1) is 39.0 Å². The number of nitrogens with one attached hydrogen (secondary N) is 1. The Morgan fingerprint density at radius 1 is 1.06 bits per heavy atom. The smallest absolute Gasteiger partial charge is 0.256 e. The number of fused-ring (bicyclic) bond motifs is 1. The first-order valence-corrected chi connectivity index (χ1v) is 12.6. The average Bonchev–Trinajstić information content (AvgIpc) is 2.78. The molecule has 0 aliphatic heterocycles. The second-order valence-corrected chi connectivity index (χ2v) is 10.4. The monoisotopic (exact) mass is 519 g/mol. The summed E-state index contributed by atoms with van der Waals surface area (Å²) in [6, 6.07) is 21.1. The molecule has 0 unspecified atom stereocenters. The molecule has 4 aromatic rings. The number of pyridine rings is 1. The average molecular weight is 520 g/mol. The van der Waals surface area contributed by atoms with Crippen LogP contribution >= 0.6 is 15.9 Å². The van der Waals surface area contributed by atoms with Gasteiger partial charge in [-0.1, -0.05) is 46.3 Å². The molecule has 164 valence electrons.